The van der Waals surface area contributed by atoms with Crippen LogP contribution < -0.4 is 11.1 Å². The Morgan fingerprint density at radius 3 is 2.48 bits per heavy atom. The summed E-state index contributed by atoms with van der Waals surface area (Å²) in [5, 5.41) is 2.32. The van der Waals surface area contributed by atoms with Crippen molar-refractivity contribution in [3.63, 3.8) is 0 Å². The molecule has 0 atom stereocenters. The van der Waals surface area contributed by atoms with Crippen molar-refractivity contribution in [3.8, 4) is 0 Å². The van der Waals surface area contributed by atoms with Crippen LogP contribution in [-0.2, 0) is 9.84 Å². The first-order valence-corrected chi connectivity index (χ1v) is 7.83. The number of hydrogen-bond acceptors (Lipinski definition) is 4. The van der Waals surface area contributed by atoms with Gasteiger partial charge in [0.1, 0.15) is 5.82 Å². The molecule has 0 saturated carbocycles. The largest absolute Gasteiger partial charge is 0.398 e. The minimum absolute atomic E-state index is 0.0831. The summed E-state index contributed by atoms with van der Waals surface area (Å²) < 4.78 is 36.6. The van der Waals surface area contributed by atoms with Crippen molar-refractivity contribution < 1.29 is 17.6 Å². The number of halogens is 1. The first-order valence-electron chi connectivity index (χ1n) is 5.94. The average Bonchev–Trinajstić information content (AvgIpc) is 2.40. The van der Waals surface area contributed by atoms with Gasteiger partial charge in [-0.05, 0) is 30.3 Å². The number of anilines is 2. The van der Waals surface area contributed by atoms with Gasteiger partial charge in [-0.1, -0.05) is 12.1 Å². The summed E-state index contributed by atoms with van der Waals surface area (Å²) in [5.41, 5.74) is 5.87. The van der Waals surface area contributed by atoms with Gasteiger partial charge in [-0.15, -0.1) is 0 Å². The molecule has 110 valence electrons. The summed E-state index contributed by atoms with van der Waals surface area (Å²) in [4.78, 5) is 12.0. The second kappa shape index (κ2) is 5.53. The van der Waals surface area contributed by atoms with Crippen LogP contribution in [0, 0.1) is 5.82 Å². The monoisotopic (exact) mass is 308 g/mol. The molecule has 0 aliphatic rings. The summed E-state index contributed by atoms with van der Waals surface area (Å²) in [6, 6.07) is 9.51. The van der Waals surface area contributed by atoms with Gasteiger partial charge in [0.2, 0.25) is 0 Å². The molecule has 0 unspecified atom stereocenters. The second-order valence-electron chi connectivity index (χ2n) is 4.46. The van der Waals surface area contributed by atoms with E-state index in [9.17, 15) is 17.6 Å². The molecule has 2 aromatic carbocycles. The van der Waals surface area contributed by atoms with Crippen LogP contribution in [0.4, 0.5) is 15.8 Å². The molecule has 2 rings (SSSR count). The number of carbonyl (C=O) groups is 1. The molecular formula is C14H13FN2O3S. The molecule has 0 aliphatic carbocycles. The summed E-state index contributed by atoms with van der Waals surface area (Å²) in [6.07, 6.45) is 1.00. The van der Waals surface area contributed by atoms with Gasteiger partial charge >= 0.3 is 0 Å². The molecule has 0 aliphatic heterocycles. The van der Waals surface area contributed by atoms with E-state index in [1.807, 2.05) is 0 Å². The van der Waals surface area contributed by atoms with Gasteiger partial charge in [0.05, 0.1) is 16.1 Å². The Kier molecular flexibility index (Phi) is 3.95. The number of para-hydroxylation sites is 1. The van der Waals surface area contributed by atoms with Gasteiger partial charge in [0.15, 0.2) is 9.84 Å². The number of nitrogen functional groups attached to an aromatic ring is 1. The molecule has 1 amide bonds. The highest BCUT2D eigenvalue weighted by atomic mass is 32.2. The van der Waals surface area contributed by atoms with Crippen LogP contribution >= 0.6 is 0 Å². The third-order valence-corrected chi connectivity index (χ3v) is 3.93. The molecule has 0 heterocycles. The lowest BCUT2D eigenvalue weighted by atomic mass is 10.1. The Morgan fingerprint density at radius 2 is 1.86 bits per heavy atom. The predicted octanol–water partition coefficient (Wildman–Crippen LogP) is 2.06. The highest BCUT2D eigenvalue weighted by Gasteiger charge is 2.15. The van der Waals surface area contributed by atoms with Gasteiger partial charge in [-0.2, -0.15) is 0 Å². The van der Waals surface area contributed by atoms with Crippen LogP contribution in [0.25, 0.3) is 0 Å². The van der Waals surface area contributed by atoms with Gasteiger partial charge in [-0.3, -0.25) is 4.79 Å². The highest BCUT2D eigenvalue weighted by Crippen LogP contribution is 2.21. The number of carbonyl (C=O) groups excluding carboxylic acids is 1. The molecule has 0 saturated heterocycles. The van der Waals surface area contributed by atoms with Crippen LogP contribution in [0.5, 0.6) is 0 Å². The van der Waals surface area contributed by atoms with Crippen molar-refractivity contribution in [3.05, 3.63) is 53.8 Å². The predicted molar refractivity (Wildman–Crippen MR) is 78.3 cm³/mol. The van der Waals surface area contributed by atoms with Gasteiger partial charge in [0, 0.05) is 11.9 Å². The maximum absolute atomic E-state index is 13.7. The Bertz CT molecular complexity index is 804. The fourth-order valence-electron chi connectivity index (χ4n) is 1.72. The number of sulfone groups is 1. The topological polar surface area (TPSA) is 89.3 Å². The van der Waals surface area contributed by atoms with Crippen LogP contribution in [0.2, 0.25) is 0 Å². The summed E-state index contributed by atoms with van der Waals surface area (Å²) in [6.45, 7) is 0. The van der Waals surface area contributed by atoms with Crippen molar-refractivity contribution in [2.75, 3.05) is 17.3 Å². The molecule has 3 N–H and O–H groups in total. The third-order valence-electron chi connectivity index (χ3n) is 2.82. The molecule has 7 heteroatoms. The SMILES string of the molecule is CS(=O)(=O)c1ccc(F)c(NC(=O)c2ccccc2N)c1. The Morgan fingerprint density at radius 1 is 1.19 bits per heavy atom. The maximum Gasteiger partial charge on any atom is 0.257 e. The van der Waals surface area contributed by atoms with Crippen molar-refractivity contribution in [2.24, 2.45) is 0 Å². The molecule has 0 bridgehead atoms. The van der Waals surface area contributed by atoms with Crippen LogP contribution in [0.15, 0.2) is 47.4 Å². The zero-order chi connectivity index (χ0) is 15.6. The lowest BCUT2D eigenvalue weighted by Gasteiger charge is -2.09. The van der Waals surface area contributed by atoms with E-state index in [-0.39, 0.29) is 21.8 Å². The molecule has 0 spiro atoms. The number of hydrogen-bond donors (Lipinski definition) is 2. The zero-order valence-electron chi connectivity index (χ0n) is 11.1. The molecule has 0 aromatic heterocycles. The third kappa shape index (κ3) is 3.38. The summed E-state index contributed by atoms with van der Waals surface area (Å²) >= 11 is 0. The van der Waals surface area contributed by atoms with Crippen molar-refractivity contribution in [1.82, 2.24) is 0 Å². The van der Waals surface area contributed by atoms with Crippen molar-refractivity contribution in [2.45, 2.75) is 4.90 Å². The molecule has 2 aromatic rings. The van der Waals surface area contributed by atoms with Crippen LogP contribution in [0.1, 0.15) is 10.4 Å². The normalized spacial score (nSPS) is 11.1. The zero-order valence-corrected chi connectivity index (χ0v) is 11.9. The van der Waals surface area contributed by atoms with E-state index in [1.54, 1.807) is 12.1 Å². The van der Waals surface area contributed by atoms with E-state index in [0.717, 1.165) is 24.5 Å². The highest BCUT2D eigenvalue weighted by molar-refractivity contribution is 7.90. The van der Waals surface area contributed by atoms with Crippen molar-refractivity contribution in [1.29, 1.82) is 0 Å². The number of rotatable bonds is 3. The van der Waals surface area contributed by atoms with E-state index in [1.165, 1.54) is 12.1 Å². The first kappa shape index (κ1) is 15.0. The smallest absolute Gasteiger partial charge is 0.257 e. The number of nitrogens with two attached hydrogens (primary N) is 1. The lowest BCUT2D eigenvalue weighted by molar-refractivity contribution is 0.102. The lowest BCUT2D eigenvalue weighted by Crippen LogP contribution is -2.15. The van der Waals surface area contributed by atoms with E-state index < -0.39 is 21.6 Å². The van der Waals surface area contributed by atoms with Gasteiger partial charge in [0.25, 0.3) is 5.91 Å². The Hall–Kier alpha value is -2.41. The minimum atomic E-state index is -3.49. The fraction of sp³-hybridized carbons (Fsp3) is 0.0714. The van der Waals surface area contributed by atoms with Gasteiger partial charge < -0.3 is 11.1 Å². The fourth-order valence-corrected chi connectivity index (χ4v) is 2.37. The van der Waals surface area contributed by atoms with E-state index >= 15 is 0 Å². The standard InChI is InChI=1S/C14H13FN2O3S/c1-21(19,20)9-6-7-11(15)13(8-9)17-14(18)10-4-2-3-5-12(10)16/h2-8H,16H2,1H3,(H,17,18). The average molecular weight is 308 g/mol. The summed E-state index contributed by atoms with van der Waals surface area (Å²) in [5.74, 6) is -1.34. The number of benzene rings is 2. The number of nitrogens with one attached hydrogen (secondary N) is 1. The van der Waals surface area contributed by atoms with Gasteiger partial charge in [-0.25, -0.2) is 12.8 Å². The molecule has 0 radical (unpaired) electrons. The Balaban J connectivity index is 2.36. The maximum atomic E-state index is 13.7. The molecule has 5 nitrogen and oxygen atoms in total. The Labute approximate surface area is 121 Å². The van der Waals surface area contributed by atoms with Crippen LogP contribution in [-0.4, -0.2) is 20.6 Å². The van der Waals surface area contributed by atoms with Crippen molar-refractivity contribution >= 4 is 27.1 Å². The number of amides is 1. The first-order chi connectivity index (χ1) is 9.79. The van der Waals surface area contributed by atoms with E-state index in [0.29, 0.717) is 0 Å². The van der Waals surface area contributed by atoms with Crippen LogP contribution in [0.3, 0.4) is 0 Å². The quantitative estimate of drug-likeness (QED) is 0.671. The molecule has 21 heavy (non-hydrogen) atoms. The molecule has 0 fully saturated rings. The minimum Gasteiger partial charge on any atom is -0.398 e. The molecular weight excluding hydrogens is 295 g/mol. The van der Waals surface area contributed by atoms with E-state index in [4.69, 9.17) is 5.73 Å². The van der Waals surface area contributed by atoms with E-state index in [2.05, 4.69) is 5.32 Å². The summed E-state index contributed by atoms with van der Waals surface area (Å²) in [7, 11) is -3.49. The second-order valence-corrected chi connectivity index (χ2v) is 6.47.